The van der Waals surface area contributed by atoms with Crippen LogP contribution in [0.15, 0.2) is 10.6 Å². The second-order valence-electron chi connectivity index (χ2n) is 8.45. The number of ether oxygens (including phenoxy) is 1. The van der Waals surface area contributed by atoms with Gasteiger partial charge < -0.3 is 20.9 Å². The molecule has 7 nitrogen and oxygen atoms in total. The molecule has 0 bridgehead atoms. The zero-order chi connectivity index (χ0) is 18.2. The molecule has 5 rings (SSSR count). The lowest BCUT2D eigenvalue weighted by Gasteiger charge is -2.43. The summed E-state index contributed by atoms with van der Waals surface area (Å²) in [4.78, 5) is 26.5. The van der Waals surface area contributed by atoms with Crippen molar-refractivity contribution in [1.82, 2.24) is 10.2 Å². The molecule has 0 aromatic heterocycles. The molecule has 2 aliphatic carbocycles. The van der Waals surface area contributed by atoms with Gasteiger partial charge in [0.25, 0.3) is 5.91 Å². The molecular formula is C18H25N3O4S. The van der Waals surface area contributed by atoms with Crippen LogP contribution in [0, 0.1) is 5.92 Å². The fourth-order valence-corrected chi connectivity index (χ4v) is 6.82. The number of carboxylic acid groups (broad SMARTS) is 1. The SMILES string of the molecule is CC1C(SC2CC(NC3CCC(N)C3)C2)=C(C(=O)O)N2C(=O)C3(CO3)C12. The van der Waals surface area contributed by atoms with E-state index in [4.69, 9.17) is 10.5 Å². The van der Waals surface area contributed by atoms with Crippen molar-refractivity contribution >= 4 is 23.6 Å². The average molecular weight is 379 g/mol. The number of β-lactam (4-membered cyclic amide) rings is 1. The fourth-order valence-electron chi connectivity index (χ4n) is 5.17. The van der Waals surface area contributed by atoms with Crippen molar-refractivity contribution in [3.05, 3.63) is 10.6 Å². The number of thioether (sulfide) groups is 1. The highest BCUT2D eigenvalue weighted by molar-refractivity contribution is 8.03. The molecule has 26 heavy (non-hydrogen) atoms. The van der Waals surface area contributed by atoms with Crippen molar-refractivity contribution in [3.63, 3.8) is 0 Å². The van der Waals surface area contributed by atoms with Crippen LogP contribution in [0.1, 0.15) is 39.0 Å². The van der Waals surface area contributed by atoms with Crippen LogP contribution >= 0.6 is 11.8 Å². The molecule has 3 aliphatic heterocycles. The van der Waals surface area contributed by atoms with Crippen molar-refractivity contribution in [3.8, 4) is 0 Å². The Hall–Kier alpha value is -1.09. The normalized spacial score (nSPS) is 46.4. The first-order valence-electron chi connectivity index (χ1n) is 9.54. The van der Waals surface area contributed by atoms with E-state index in [-0.39, 0.29) is 23.6 Å². The number of fused-ring (bicyclic) bond motifs is 2. The van der Waals surface area contributed by atoms with E-state index in [9.17, 15) is 14.7 Å². The minimum absolute atomic E-state index is 0.0335. The van der Waals surface area contributed by atoms with Gasteiger partial charge in [0.2, 0.25) is 0 Å². The molecule has 1 spiro atoms. The quantitative estimate of drug-likeness (QED) is 0.475. The highest BCUT2D eigenvalue weighted by Crippen LogP contribution is 2.58. The zero-order valence-electron chi connectivity index (χ0n) is 14.8. The average Bonchev–Trinajstić information content (AvgIpc) is 3.22. The van der Waals surface area contributed by atoms with Gasteiger partial charge in [0.1, 0.15) is 5.70 Å². The van der Waals surface area contributed by atoms with Gasteiger partial charge in [0.15, 0.2) is 5.60 Å². The number of amides is 1. The Balaban J connectivity index is 1.23. The van der Waals surface area contributed by atoms with E-state index in [1.165, 1.54) is 4.90 Å². The van der Waals surface area contributed by atoms with Crippen LogP contribution < -0.4 is 11.1 Å². The van der Waals surface area contributed by atoms with Gasteiger partial charge >= 0.3 is 5.97 Å². The van der Waals surface area contributed by atoms with Crippen molar-refractivity contribution in [2.75, 3.05) is 6.61 Å². The smallest absolute Gasteiger partial charge is 0.353 e. The Kier molecular flexibility index (Phi) is 3.74. The maximum absolute atomic E-state index is 12.3. The molecule has 1 amide bonds. The first-order chi connectivity index (χ1) is 12.4. The van der Waals surface area contributed by atoms with Gasteiger partial charge in [0, 0.05) is 34.2 Å². The molecule has 142 valence electrons. The largest absolute Gasteiger partial charge is 0.477 e. The summed E-state index contributed by atoms with van der Waals surface area (Å²) >= 11 is 1.66. The first kappa shape index (κ1) is 17.0. The third-order valence-corrected chi connectivity index (χ3v) is 8.23. The van der Waals surface area contributed by atoms with Crippen LogP contribution in [-0.2, 0) is 14.3 Å². The van der Waals surface area contributed by atoms with Gasteiger partial charge in [0.05, 0.1) is 12.6 Å². The van der Waals surface area contributed by atoms with Gasteiger partial charge in [-0.05, 0) is 32.1 Å². The molecule has 0 aromatic rings. The lowest BCUT2D eigenvalue weighted by atomic mass is 9.82. The third kappa shape index (κ3) is 2.32. The second-order valence-corrected chi connectivity index (χ2v) is 9.79. The fraction of sp³-hybridized carbons (Fsp3) is 0.778. The molecule has 5 unspecified atom stereocenters. The van der Waals surface area contributed by atoms with E-state index in [1.54, 1.807) is 11.8 Å². The molecule has 4 N–H and O–H groups in total. The summed E-state index contributed by atoms with van der Waals surface area (Å²) in [5.41, 5.74) is 5.45. The summed E-state index contributed by atoms with van der Waals surface area (Å²) in [7, 11) is 0. The van der Waals surface area contributed by atoms with E-state index < -0.39 is 11.6 Å². The summed E-state index contributed by atoms with van der Waals surface area (Å²) in [6.45, 7) is 2.46. The van der Waals surface area contributed by atoms with Crippen LogP contribution in [0.3, 0.4) is 0 Å². The van der Waals surface area contributed by atoms with Crippen molar-refractivity contribution in [2.45, 2.75) is 74.0 Å². The number of aliphatic carboxylic acids is 1. The minimum Gasteiger partial charge on any atom is -0.477 e. The van der Waals surface area contributed by atoms with E-state index in [0.29, 0.717) is 30.0 Å². The molecular weight excluding hydrogens is 354 g/mol. The molecule has 4 fully saturated rings. The third-order valence-electron chi connectivity index (χ3n) is 6.69. The minimum atomic E-state index is -1.00. The predicted octanol–water partition coefficient (Wildman–Crippen LogP) is 0.646. The number of rotatable bonds is 5. The van der Waals surface area contributed by atoms with Gasteiger partial charge in [-0.15, -0.1) is 11.8 Å². The summed E-state index contributed by atoms with van der Waals surface area (Å²) in [6.07, 6.45) is 5.39. The maximum Gasteiger partial charge on any atom is 0.353 e. The molecule has 8 heteroatoms. The van der Waals surface area contributed by atoms with Gasteiger partial charge in [-0.2, -0.15) is 0 Å². The van der Waals surface area contributed by atoms with E-state index in [0.717, 1.165) is 37.0 Å². The summed E-state index contributed by atoms with van der Waals surface area (Å²) in [5, 5.41) is 13.8. The monoisotopic (exact) mass is 379 g/mol. The number of nitrogens with two attached hydrogens (primary N) is 1. The molecule has 5 aliphatic rings. The van der Waals surface area contributed by atoms with Gasteiger partial charge in [-0.25, -0.2) is 4.79 Å². The van der Waals surface area contributed by atoms with E-state index >= 15 is 0 Å². The Morgan fingerprint density at radius 1 is 1.35 bits per heavy atom. The summed E-state index contributed by atoms with van der Waals surface area (Å²) in [5.74, 6) is -1.14. The van der Waals surface area contributed by atoms with Gasteiger partial charge in [-0.3, -0.25) is 9.69 Å². The zero-order valence-corrected chi connectivity index (χ0v) is 15.6. The molecule has 0 radical (unpaired) electrons. The molecule has 3 heterocycles. The van der Waals surface area contributed by atoms with Crippen LogP contribution in [-0.4, -0.2) is 63.5 Å². The van der Waals surface area contributed by atoms with Crippen LogP contribution in [0.2, 0.25) is 0 Å². The number of hydrogen-bond donors (Lipinski definition) is 3. The number of carboxylic acids is 1. The van der Waals surface area contributed by atoms with E-state index in [1.807, 2.05) is 6.92 Å². The number of epoxide rings is 1. The van der Waals surface area contributed by atoms with E-state index in [2.05, 4.69) is 5.32 Å². The molecule has 0 aromatic carbocycles. The van der Waals surface area contributed by atoms with Gasteiger partial charge in [-0.1, -0.05) is 6.92 Å². The summed E-state index contributed by atoms with van der Waals surface area (Å²) < 4.78 is 5.41. The van der Waals surface area contributed by atoms with Crippen molar-refractivity contribution in [1.29, 1.82) is 0 Å². The van der Waals surface area contributed by atoms with Crippen molar-refractivity contribution in [2.24, 2.45) is 11.7 Å². The second kappa shape index (κ2) is 5.70. The highest BCUT2D eigenvalue weighted by atomic mass is 32.2. The standard InChI is InChI=1S/C18H25N3O4S/c1-8-14(13(16(22)23)21-15(8)18(7-25-18)17(21)24)26-12-5-11(6-12)20-10-3-2-9(19)4-10/h8-12,15,20H,2-7,19H2,1H3,(H,22,23). The Labute approximate surface area is 156 Å². The number of carbonyl (C=O) groups excluding carboxylic acids is 1. The van der Waals surface area contributed by atoms with Crippen LogP contribution in [0.4, 0.5) is 0 Å². The van der Waals surface area contributed by atoms with Crippen molar-refractivity contribution < 1.29 is 19.4 Å². The van der Waals surface area contributed by atoms with Crippen LogP contribution in [0.25, 0.3) is 0 Å². The number of nitrogens with one attached hydrogen (secondary N) is 1. The Morgan fingerprint density at radius 3 is 2.65 bits per heavy atom. The predicted molar refractivity (Wildman–Crippen MR) is 96.3 cm³/mol. The Morgan fingerprint density at radius 2 is 2.08 bits per heavy atom. The number of carbonyl (C=O) groups is 2. The summed E-state index contributed by atoms with van der Waals surface area (Å²) in [6, 6.07) is 1.24. The lowest BCUT2D eigenvalue weighted by molar-refractivity contribution is -0.158. The number of nitrogens with zero attached hydrogens (tertiary/aromatic N) is 1. The highest BCUT2D eigenvalue weighted by Gasteiger charge is 2.76. The Bertz CT molecular complexity index is 701. The molecule has 5 atom stereocenters. The molecule has 2 saturated heterocycles. The number of hydrogen-bond acceptors (Lipinski definition) is 6. The molecule has 2 saturated carbocycles. The topological polar surface area (TPSA) is 108 Å². The lowest BCUT2D eigenvalue weighted by Crippen LogP contribution is -2.67. The maximum atomic E-state index is 12.3. The van der Waals surface area contributed by atoms with Crippen LogP contribution in [0.5, 0.6) is 0 Å². The first-order valence-corrected chi connectivity index (χ1v) is 10.4.